The van der Waals surface area contributed by atoms with Crippen molar-refractivity contribution >= 4 is 21.8 Å². The van der Waals surface area contributed by atoms with E-state index in [1.807, 2.05) is 31.6 Å². The second-order valence-electron chi connectivity index (χ2n) is 5.10. The van der Waals surface area contributed by atoms with Gasteiger partial charge in [0.1, 0.15) is 5.69 Å². The Balaban J connectivity index is 2.21. The molecule has 0 saturated heterocycles. The van der Waals surface area contributed by atoms with Crippen molar-refractivity contribution in [3.8, 4) is 0 Å². The largest absolute Gasteiger partial charge is 0.336 e. The zero-order chi connectivity index (χ0) is 15.7. The lowest BCUT2D eigenvalue weighted by Crippen LogP contribution is -2.28. The second kappa shape index (κ2) is 6.01. The van der Waals surface area contributed by atoms with Gasteiger partial charge in [0.15, 0.2) is 0 Å². The first kappa shape index (κ1) is 15.8. The van der Waals surface area contributed by atoms with E-state index in [0.29, 0.717) is 12.2 Å². The quantitative estimate of drug-likeness (QED) is 0.847. The summed E-state index contributed by atoms with van der Waals surface area (Å²) in [5.41, 5.74) is 3.53. The lowest BCUT2D eigenvalue weighted by molar-refractivity contribution is 0.0773. The fraction of sp³-hybridized carbons (Fsp3) is 0.500. The van der Waals surface area contributed by atoms with Gasteiger partial charge in [-0.15, -0.1) is 0 Å². The van der Waals surface area contributed by atoms with Crippen LogP contribution in [0.15, 0.2) is 10.7 Å². The van der Waals surface area contributed by atoms with Gasteiger partial charge >= 0.3 is 0 Å². The summed E-state index contributed by atoms with van der Waals surface area (Å²) in [5, 5.41) is 8.57. The van der Waals surface area contributed by atoms with E-state index < -0.39 is 0 Å². The highest BCUT2D eigenvalue weighted by Crippen LogP contribution is 2.22. The molecule has 0 aliphatic rings. The topological polar surface area (TPSA) is 56.0 Å². The molecule has 0 radical (unpaired) electrons. The Hall–Kier alpha value is -1.63. The Morgan fingerprint density at radius 2 is 2.10 bits per heavy atom. The van der Waals surface area contributed by atoms with Crippen LogP contribution >= 0.6 is 15.9 Å². The van der Waals surface area contributed by atoms with Gasteiger partial charge in [0.25, 0.3) is 5.91 Å². The van der Waals surface area contributed by atoms with Gasteiger partial charge in [-0.2, -0.15) is 10.2 Å². The van der Waals surface area contributed by atoms with Crippen LogP contribution in [0.1, 0.15) is 34.4 Å². The minimum absolute atomic E-state index is 0.0615. The summed E-state index contributed by atoms with van der Waals surface area (Å²) in [6, 6.07) is 0. The van der Waals surface area contributed by atoms with Crippen LogP contribution in [0.25, 0.3) is 0 Å². The van der Waals surface area contributed by atoms with Gasteiger partial charge in [0.2, 0.25) is 0 Å². The van der Waals surface area contributed by atoms with Crippen molar-refractivity contribution < 1.29 is 4.79 Å². The van der Waals surface area contributed by atoms with E-state index in [1.54, 1.807) is 23.7 Å². The monoisotopic (exact) mass is 353 g/mol. The van der Waals surface area contributed by atoms with Crippen LogP contribution in [-0.2, 0) is 20.1 Å². The van der Waals surface area contributed by atoms with Crippen LogP contribution in [0.3, 0.4) is 0 Å². The van der Waals surface area contributed by atoms with Gasteiger partial charge in [-0.3, -0.25) is 14.2 Å². The molecular weight excluding hydrogens is 334 g/mol. The van der Waals surface area contributed by atoms with Crippen molar-refractivity contribution in [3.05, 3.63) is 33.3 Å². The Labute approximate surface area is 132 Å². The van der Waals surface area contributed by atoms with Crippen LogP contribution in [0.4, 0.5) is 0 Å². The summed E-state index contributed by atoms with van der Waals surface area (Å²) in [5.74, 6) is -0.0615. The third kappa shape index (κ3) is 2.88. The van der Waals surface area contributed by atoms with E-state index in [1.165, 1.54) is 0 Å². The Morgan fingerprint density at radius 3 is 2.57 bits per heavy atom. The number of aryl methyl sites for hydroxylation is 3. The van der Waals surface area contributed by atoms with Crippen LogP contribution in [0, 0.1) is 13.8 Å². The number of carbonyl (C=O) groups is 1. The number of nitrogens with zero attached hydrogens (tertiary/aromatic N) is 5. The van der Waals surface area contributed by atoms with Gasteiger partial charge in [-0.05, 0) is 36.7 Å². The maximum Gasteiger partial charge on any atom is 0.273 e. The first-order valence-corrected chi connectivity index (χ1v) is 7.61. The smallest absolute Gasteiger partial charge is 0.273 e. The molecule has 0 aromatic carbocycles. The van der Waals surface area contributed by atoms with Crippen molar-refractivity contribution in [2.75, 3.05) is 7.05 Å². The fourth-order valence-corrected chi connectivity index (χ4v) is 2.84. The molecule has 0 aliphatic carbocycles. The predicted molar refractivity (Wildman–Crippen MR) is 84.1 cm³/mol. The number of halogens is 1. The van der Waals surface area contributed by atoms with Crippen molar-refractivity contribution in [2.24, 2.45) is 7.05 Å². The lowest BCUT2D eigenvalue weighted by Gasteiger charge is -2.17. The summed E-state index contributed by atoms with van der Waals surface area (Å²) in [7, 11) is 3.57. The van der Waals surface area contributed by atoms with Gasteiger partial charge in [-0.25, -0.2) is 0 Å². The third-order valence-corrected chi connectivity index (χ3v) is 4.56. The highest BCUT2D eigenvalue weighted by atomic mass is 79.9. The average Bonchev–Trinajstić information content (AvgIpc) is 2.90. The van der Waals surface area contributed by atoms with Crippen LogP contribution in [0.2, 0.25) is 0 Å². The minimum Gasteiger partial charge on any atom is -0.336 e. The standard InChI is InChI=1S/C14H20BrN5O/c1-6-20-10(3)11(7-16-20)8-18(4)14(21)13-12(15)9(2)17-19(13)5/h7H,6,8H2,1-5H3. The van der Waals surface area contributed by atoms with E-state index in [0.717, 1.165) is 28.0 Å². The van der Waals surface area contributed by atoms with Crippen molar-refractivity contribution in [1.29, 1.82) is 0 Å². The minimum atomic E-state index is -0.0615. The van der Waals surface area contributed by atoms with E-state index in [9.17, 15) is 4.79 Å². The van der Waals surface area contributed by atoms with Crippen molar-refractivity contribution in [3.63, 3.8) is 0 Å². The van der Waals surface area contributed by atoms with E-state index in [4.69, 9.17) is 0 Å². The van der Waals surface area contributed by atoms with Gasteiger partial charge in [0, 0.05) is 38.4 Å². The SMILES string of the molecule is CCn1ncc(CN(C)C(=O)c2c(Br)c(C)nn2C)c1C. The third-order valence-electron chi connectivity index (χ3n) is 3.61. The van der Waals surface area contributed by atoms with Crippen molar-refractivity contribution in [2.45, 2.75) is 33.9 Å². The van der Waals surface area contributed by atoms with Crippen LogP contribution in [0.5, 0.6) is 0 Å². The molecule has 0 unspecified atom stereocenters. The molecule has 2 aromatic rings. The molecular formula is C14H20BrN5O. The molecule has 0 fully saturated rings. The maximum absolute atomic E-state index is 12.6. The van der Waals surface area contributed by atoms with Crippen molar-refractivity contribution in [1.82, 2.24) is 24.5 Å². The van der Waals surface area contributed by atoms with E-state index in [-0.39, 0.29) is 5.91 Å². The Kier molecular flexibility index (Phi) is 4.51. The molecule has 0 aliphatic heterocycles. The molecule has 1 amide bonds. The molecule has 0 bridgehead atoms. The molecule has 0 atom stereocenters. The van der Waals surface area contributed by atoms with E-state index in [2.05, 4.69) is 26.1 Å². The molecule has 114 valence electrons. The fourth-order valence-electron chi connectivity index (χ4n) is 2.33. The van der Waals surface area contributed by atoms with Gasteiger partial charge in [0.05, 0.1) is 16.4 Å². The zero-order valence-corrected chi connectivity index (χ0v) is 14.6. The Bertz CT molecular complexity index is 673. The van der Waals surface area contributed by atoms with Gasteiger partial charge < -0.3 is 4.90 Å². The molecule has 0 spiro atoms. The van der Waals surface area contributed by atoms with E-state index >= 15 is 0 Å². The molecule has 7 heteroatoms. The highest BCUT2D eigenvalue weighted by molar-refractivity contribution is 9.10. The number of aromatic nitrogens is 4. The molecule has 2 heterocycles. The maximum atomic E-state index is 12.6. The summed E-state index contributed by atoms with van der Waals surface area (Å²) < 4.78 is 4.29. The number of rotatable bonds is 4. The van der Waals surface area contributed by atoms with Crippen LogP contribution in [-0.4, -0.2) is 37.4 Å². The summed E-state index contributed by atoms with van der Waals surface area (Å²) in [6.07, 6.45) is 1.83. The first-order valence-electron chi connectivity index (χ1n) is 6.82. The number of hydrogen-bond acceptors (Lipinski definition) is 3. The molecule has 6 nitrogen and oxygen atoms in total. The summed E-state index contributed by atoms with van der Waals surface area (Å²) >= 11 is 3.44. The zero-order valence-electron chi connectivity index (χ0n) is 13.0. The summed E-state index contributed by atoms with van der Waals surface area (Å²) in [4.78, 5) is 14.3. The lowest BCUT2D eigenvalue weighted by atomic mass is 10.2. The number of hydrogen-bond donors (Lipinski definition) is 0. The first-order chi connectivity index (χ1) is 9.86. The van der Waals surface area contributed by atoms with Gasteiger partial charge in [-0.1, -0.05) is 0 Å². The average molecular weight is 354 g/mol. The molecule has 2 rings (SSSR count). The van der Waals surface area contributed by atoms with Crippen LogP contribution < -0.4 is 0 Å². The molecule has 0 saturated carbocycles. The molecule has 0 N–H and O–H groups in total. The Morgan fingerprint density at radius 1 is 1.43 bits per heavy atom. The molecule has 21 heavy (non-hydrogen) atoms. The highest BCUT2D eigenvalue weighted by Gasteiger charge is 2.22. The second-order valence-corrected chi connectivity index (χ2v) is 5.90. The normalized spacial score (nSPS) is 11.0. The number of carbonyl (C=O) groups excluding carboxylic acids is 1. The number of amides is 1. The predicted octanol–water partition coefficient (Wildman–Crippen LogP) is 2.29. The molecule has 2 aromatic heterocycles. The summed E-state index contributed by atoms with van der Waals surface area (Å²) in [6.45, 7) is 7.30.